The van der Waals surface area contributed by atoms with Crippen molar-refractivity contribution in [1.29, 1.82) is 0 Å². The molecule has 0 aromatic heterocycles. The van der Waals surface area contributed by atoms with Crippen LogP contribution in [0.3, 0.4) is 0 Å². The van der Waals surface area contributed by atoms with E-state index in [1.165, 1.54) is 6.07 Å². The third-order valence-electron chi connectivity index (χ3n) is 3.90. The quantitative estimate of drug-likeness (QED) is 0.865. The number of carbonyl (C=O) groups excluding carboxylic acids is 1. The predicted molar refractivity (Wildman–Crippen MR) is 87.4 cm³/mol. The van der Waals surface area contributed by atoms with Crippen molar-refractivity contribution in [3.63, 3.8) is 0 Å². The molecular formula is C17H16FNO4S. The van der Waals surface area contributed by atoms with Gasteiger partial charge in [0.15, 0.2) is 9.84 Å². The van der Waals surface area contributed by atoms with Crippen LogP contribution in [0.4, 0.5) is 10.1 Å². The van der Waals surface area contributed by atoms with Gasteiger partial charge in [-0.1, -0.05) is 18.2 Å². The first-order valence-corrected chi connectivity index (χ1v) is 9.27. The summed E-state index contributed by atoms with van der Waals surface area (Å²) in [6.45, 7) is 0.390. The van der Waals surface area contributed by atoms with Gasteiger partial charge >= 0.3 is 0 Å². The van der Waals surface area contributed by atoms with E-state index in [2.05, 4.69) is 5.32 Å². The molecule has 1 aliphatic rings. The SMILES string of the molecule is CS(=O)(=O)c1ccc(F)c(NC(=O)C2CCOc3ccccc32)c1. The van der Waals surface area contributed by atoms with Crippen molar-refractivity contribution < 1.29 is 22.3 Å². The normalized spacial score (nSPS) is 16.8. The first-order valence-electron chi connectivity index (χ1n) is 7.38. The zero-order valence-corrected chi connectivity index (χ0v) is 13.8. The number of rotatable bonds is 3. The molecule has 0 aliphatic carbocycles. The second-order valence-corrected chi connectivity index (χ2v) is 7.65. The van der Waals surface area contributed by atoms with Gasteiger partial charge in [0.25, 0.3) is 0 Å². The van der Waals surface area contributed by atoms with Crippen LogP contribution in [0.15, 0.2) is 47.4 Å². The Morgan fingerprint density at radius 3 is 2.75 bits per heavy atom. The minimum atomic E-state index is -3.49. The number of benzene rings is 2. The molecule has 0 saturated heterocycles. The van der Waals surface area contributed by atoms with Gasteiger partial charge in [-0.15, -0.1) is 0 Å². The predicted octanol–water partition coefficient (Wildman–Crippen LogP) is 2.73. The number of anilines is 1. The fraction of sp³-hybridized carbons (Fsp3) is 0.235. The number of fused-ring (bicyclic) bond motifs is 1. The van der Waals surface area contributed by atoms with E-state index in [1.807, 2.05) is 6.07 Å². The molecule has 0 radical (unpaired) electrons. The summed E-state index contributed by atoms with van der Waals surface area (Å²) in [4.78, 5) is 12.5. The van der Waals surface area contributed by atoms with Gasteiger partial charge in [-0.3, -0.25) is 4.79 Å². The number of amides is 1. The second-order valence-electron chi connectivity index (χ2n) is 5.63. The van der Waals surface area contributed by atoms with Crippen LogP contribution in [-0.4, -0.2) is 27.2 Å². The highest BCUT2D eigenvalue weighted by atomic mass is 32.2. The fourth-order valence-electron chi connectivity index (χ4n) is 2.67. The van der Waals surface area contributed by atoms with Crippen molar-refractivity contribution in [2.75, 3.05) is 18.2 Å². The van der Waals surface area contributed by atoms with E-state index in [-0.39, 0.29) is 10.6 Å². The lowest BCUT2D eigenvalue weighted by molar-refractivity contribution is -0.118. The van der Waals surface area contributed by atoms with E-state index in [0.29, 0.717) is 18.8 Å². The van der Waals surface area contributed by atoms with Crippen LogP contribution in [0.1, 0.15) is 17.9 Å². The summed E-state index contributed by atoms with van der Waals surface area (Å²) in [7, 11) is -3.49. The van der Waals surface area contributed by atoms with Crippen LogP contribution >= 0.6 is 0 Å². The minimum Gasteiger partial charge on any atom is -0.493 e. The van der Waals surface area contributed by atoms with Crippen molar-refractivity contribution in [3.8, 4) is 5.75 Å². The number of hydrogen-bond acceptors (Lipinski definition) is 4. The first-order chi connectivity index (χ1) is 11.4. The Bertz CT molecular complexity index is 895. The third kappa shape index (κ3) is 3.26. The summed E-state index contributed by atoms with van der Waals surface area (Å²) < 4.78 is 42.6. The molecule has 2 aromatic carbocycles. The van der Waals surface area contributed by atoms with Crippen molar-refractivity contribution in [2.24, 2.45) is 0 Å². The molecule has 24 heavy (non-hydrogen) atoms. The number of sulfone groups is 1. The number of hydrogen-bond donors (Lipinski definition) is 1. The lowest BCUT2D eigenvalue weighted by atomic mass is 9.92. The van der Waals surface area contributed by atoms with Gasteiger partial charge in [-0.25, -0.2) is 12.8 Å². The molecule has 0 bridgehead atoms. The van der Waals surface area contributed by atoms with Crippen molar-refractivity contribution in [1.82, 2.24) is 0 Å². The summed E-state index contributed by atoms with van der Waals surface area (Å²) >= 11 is 0. The minimum absolute atomic E-state index is 0.0495. The second kappa shape index (κ2) is 6.24. The standard InChI is InChI=1S/C17H16FNO4S/c1-24(21,22)11-6-7-14(18)15(10-11)19-17(20)13-8-9-23-16-5-3-2-4-12(13)16/h2-7,10,13H,8-9H2,1H3,(H,19,20). The molecule has 1 atom stereocenters. The maximum atomic E-state index is 13.9. The highest BCUT2D eigenvalue weighted by Gasteiger charge is 2.28. The van der Waals surface area contributed by atoms with Crippen LogP contribution in [0.25, 0.3) is 0 Å². The van der Waals surface area contributed by atoms with Gasteiger partial charge in [-0.05, 0) is 30.7 Å². The molecule has 0 fully saturated rings. The maximum absolute atomic E-state index is 13.9. The summed E-state index contributed by atoms with van der Waals surface area (Å²) in [5, 5.41) is 2.50. The average molecular weight is 349 g/mol. The topological polar surface area (TPSA) is 72.5 Å². The van der Waals surface area contributed by atoms with E-state index < -0.39 is 27.5 Å². The molecule has 0 saturated carbocycles. The fourth-order valence-corrected chi connectivity index (χ4v) is 3.31. The van der Waals surface area contributed by atoms with Crippen LogP contribution < -0.4 is 10.1 Å². The molecule has 1 unspecified atom stereocenters. The zero-order valence-electron chi connectivity index (χ0n) is 13.0. The Labute approximate surface area is 139 Å². The van der Waals surface area contributed by atoms with Gasteiger partial charge < -0.3 is 10.1 Å². The van der Waals surface area contributed by atoms with Crippen molar-refractivity contribution >= 4 is 21.4 Å². The summed E-state index contributed by atoms with van der Waals surface area (Å²) in [5.74, 6) is -0.920. The van der Waals surface area contributed by atoms with E-state index in [1.54, 1.807) is 18.2 Å². The molecule has 1 aliphatic heterocycles. The van der Waals surface area contributed by atoms with Gasteiger partial charge in [-0.2, -0.15) is 0 Å². The molecule has 1 N–H and O–H groups in total. The van der Waals surface area contributed by atoms with Crippen LogP contribution in [0.5, 0.6) is 5.75 Å². The summed E-state index contributed by atoms with van der Waals surface area (Å²) in [6.07, 6.45) is 1.50. The largest absolute Gasteiger partial charge is 0.493 e. The molecule has 1 heterocycles. The average Bonchev–Trinajstić information content (AvgIpc) is 2.55. The van der Waals surface area contributed by atoms with E-state index >= 15 is 0 Å². The highest BCUT2D eigenvalue weighted by Crippen LogP contribution is 2.34. The number of ether oxygens (including phenoxy) is 1. The number of para-hydroxylation sites is 1. The zero-order chi connectivity index (χ0) is 17.3. The van der Waals surface area contributed by atoms with E-state index in [4.69, 9.17) is 4.74 Å². The maximum Gasteiger partial charge on any atom is 0.232 e. The Hall–Kier alpha value is -2.41. The van der Waals surface area contributed by atoms with Crippen LogP contribution in [-0.2, 0) is 14.6 Å². The molecule has 7 heteroatoms. The van der Waals surface area contributed by atoms with E-state index in [0.717, 1.165) is 24.0 Å². The lowest BCUT2D eigenvalue weighted by Crippen LogP contribution is -2.26. The number of nitrogens with one attached hydrogen (secondary N) is 1. The van der Waals surface area contributed by atoms with Crippen molar-refractivity contribution in [3.05, 3.63) is 53.8 Å². The Kier molecular flexibility index (Phi) is 4.28. The van der Waals surface area contributed by atoms with Crippen molar-refractivity contribution in [2.45, 2.75) is 17.2 Å². The Balaban J connectivity index is 1.89. The van der Waals surface area contributed by atoms with Crippen LogP contribution in [0, 0.1) is 5.82 Å². The van der Waals surface area contributed by atoms with Gasteiger partial charge in [0.1, 0.15) is 11.6 Å². The molecule has 2 aromatic rings. The molecule has 3 rings (SSSR count). The molecule has 126 valence electrons. The lowest BCUT2D eigenvalue weighted by Gasteiger charge is -2.25. The summed E-state index contributed by atoms with van der Waals surface area (Å²) in [5.41, 5.74) is 0.591. The Morgan fingerprint density at radius 2 is 2.00 bits per heavy atom. The summed E-state index contributed by atoms with van der Waals surface area (Å²) in [6, 6.07) is 10.5. The van der Waals surface area contributed by atoms with Gasteiger partial charge in [0.2, 0.25) is 5.91 Å². The smallest absolute Gasteiger partial charge is 0.232 e. The molecule has 5 nitrogen and oxygen atoms in total. The first kappa shape index (κ1) is 16.4. The third-order valence-corrected chi connectivity index (χ3v) is 5.01. The molecular weight excluding hydrogens is 333 g/mol. The number of carbonyl (C=O) groups is 1. The molecule has 1 amide bonds. The van der Waals surface area contributed by atoms with E-state index in [9.17, 15) is 17.6 Å². The van der Waals surface area contributed by atoms with Gasteiger partial charge in [0, 0.05) is 11.8 Å². The Morgan fingerprint density at radius 1 is 1.25 bits per heavy atom. The highest BCUT2D eigenvalue weighted by molar-refractivity contribution is 7.90. The number of halogens is 1. The molecule has 0 spiro atoms. The van der Waals surface area contributed by atoms with Crippen LogP contribution in [0.2, 0.25) is 0 Å². The monoisotopic (exact) mass is 349 g/mol. The van der Waals surface area contributed by atoms with Gasteiger partial charge in [0.05, 0.1) is 23.1 Å².